The van der Waals surface area contributed by atoms with Crippen LogP contribution in [0.1, 0.15) is 18.1 Å². The Morgan fingerprint density at radius 1 is 1.06 bits per heavy atom. The van der Waals surface area contributed by atoms with E-state index in [2.05, 4.69) is 41.9 Å². The van der Waals surface area contributed by atoms with Gasteiger partial charge in [0.2, 0.25) is 5.91 Å². The molecule has 3 aromatic rings. The average molecular weight is 437 g/mol. The fraction of sp³-hybridized carbons (Fsp3) is 0.375. The van der Waals surface area contributed by atoms with Gasteiger partial charge in [0.25, 0.3) is 5.56 Å². The molecule has 1 aromatic heterocycles. The van der Waals surface area contributed by atoms with Crippen molar-refractivity contribution in [2.45, 2.75) is 32.3 Å². The maximum atomic E-state index is 12.8. The van der Waals surface area contributed by atoms with Crippen molar-refractivity contribution in [1.29, 1.82) is 0 Å². The van der Waals surface area contributed by atoms with Gasteiger partial charge in [-0.1, -0.05) is 36.0 Å². The summed E-state index contributed by atoms with van der Waals surface area (Å²) in [5.74, 6) is 0.288. The lowest BCUT2D eigenvalue weighted by atomic mass is 10.1. The third kappa shape index (κ3) is 4.46. The molecule has 0 atom stereocenters. The highest BCUT2D eigenvalue weighted by molar-refractivity contribution is 7.99. The van der Waals surface area contributed by atoms with Crippen LogP contribution in [0.25, 0.3) is 11.0 Å². The molecule has 0 aliphatic carbocycles. The summed E-state index contributed by atoms with van der Waals surface area (Å²) in [5, 5.41) is 0.392. The second kappa shape index (κ2) is 9.14. The van der Waals surface area contributed by atoms with Crippen LogP contribution >= 0.6 is 11.8 Å². The van der Waals surface area contributed by atoms with Gasteiger partial charge in [0.15, 0.2) is 5.03 Å². The Morgan fingerprint density at radius 2 is 1.81 bits per heavy atom. The molecule has 4 rings (SSSR count). The van der Waals surface area contributed by atoms with Crippen molar-refractivity contribution in [2.75, 3.05) is 36.8 Å². The minimum Gasteiger partial charge on any atom is -0.368 e. The number of rotatable bonds is 5. The van der Waals surface area contributed by atoms with Crippen LogP contribution in [-0.4, -0.2) is 52.3 Å². The van der Waals surface area contributed by atoms with E-state index < -0.39 is 0 Å². The molecule has 1 saturated heterocycles. The number of aromatic nitrogens is 2. The molecule has 2 aromatic carbocycles. The van der Waals surface area contributed by atoms with Gasteiger partial charge in [-0.05, 0) is 50.1 Å². The number of hydrogen-bond donors (Lipinski definition) is 0. The lowest BCUT2D eigenvalue weighted by Gasteiger charge is -2.37. The first kappa shape index (κ1) is 21.4. The number of amides is 1. The highest BCUT2D eigenvalue weighted by atomic mass is 32.2. The van der Waals surface area contributed by atoms with Crippen LogP contribution < -0.4 is 10.5 Å². The van der Waals surface area contributed by atoms with Gasteiger partial charge in [0.05, 0.1) is 16.8 Å². The van der Waals surface area contributed by atoms with E-state index in [-0.39, 0.29) is 17.2 Å². The number of fused-ring (bicyclic) bond motifs is 1. The summed E-state index contributed by atoms with van der Waals surface area (Å²) in [6.45, 7) is 9.77. The number of aryl methyl sites for hydroxylation is 3. The van der Waals surface area contributed by atoms with Crippen LogP contribution in [0.3, 0.4) is 0 Å². The van der Waals surface area contributed by atoms with Crippen LogP contribution in [-0.2, 0) is 11.3 Å². The molecule has 0 saturated carbocycles. The topological polar surface area (TPSA) is 58.4 Å². The van der Waals surface area contributed by atoms with E-state index in [9.17, 15) is 9.59 Å². The summed E-state index contributed by atoms with van der Waals surface area (Å²) < 4.78 is 1.72. The van der Waals surface area contributed by atoms with Crippen LogP contribution in [0.5, 0.6) is 0 Å². The van der Waals surface area contributed by atoms with Gasteiger partial charge in [0.1, 0.15) is 0 Å². The molecule has 0 bridgehead atoms. The maximum absolute atomic E-state index is 12.8. The Bertz CT molecular complexity index is 1170. The molecule has 2 heterocycles. The summed E-state index contributed by atoms with van der Waals surface area (Å²) in [4.78, 5) is 34.4. The molecule has 7 heteroatoms. The molecule has 0 spiro atoms. The van der Waals surface area contributed by atoms with Crippen LogP contribution in [0.4, 0.5) is 5.69 Å². The van der Waals surface area contributed by atoms with E-state index in [1.54, 1.807) is 4.57 Å². The largest absolute Gasteiger partial charge is 0.368 e. The van der Waals surface area contributed by atoms with Crippen LogP contribution in [0.15, 0.2) is 52.3 Å². The number of benzene rings is 2. The molecule has 31 heavy (non-hydrogen) atoms. The zero-order valence-corrected chi connectivity index (χ0v) is 19.1. The van der Waals surface area contributed by atoms with Gasteiger partial charge in [-0.25, -0.2) is 4.98 Å². The van der Waals surface area contributed by atoms with Crippen molar-refractivity contribution in [3.63, 3.8) is 0 Å². The summed E-state index contributed by atoms with van der Waals surface area (Å²) in [6, 6.07) is 14.1. The monoisotopic (exact) mass is 436 g/mol. The van der Waals surface area contributed by atoms with Gasteiger partial charge >= 0.3 is 0 Å². The van der Waals surface area contributed by atoms with Crippen molar-refractivity contribution in [2.24, 2.45) is 0 Å². The number of thioether (sulfide) groups is 1. The normalized spacial score (nSPS) is 14.3. The number of hydrogen-bond acceptors (Lipinski definition) is 5. The first-order chi connectivity index (χ1) is 15.0. The highest BCUT2D eigenvalue weighted by Crippen LogP contribution is 2.23. The van der Waals surface area contributed by atoms with E-state index in [4.69, 9.17) is 0 Å². The minimum absolute atomic E-state index is 0.0584. The number of carbonyl (C=O) groups excluding carboxylic acids is 1. The third-order valence-electron chi connectivity index (χ3n) is 5.81. The highest BCUT2D eigenvalue weighted by Gasteiger charge is 2.23. The molecular formula is C24H28N4O2S. The predicted molar refractivity (Wildman–Crippen MR) is 127 cm³/mol. The first-order valence-electron chi connectivity index (χ1n) is 10.7. The SMILES string of the molecule is CCn1c(=O)c(SCC(=O)N2CCN(c3cc(C)ccc3C)CC2)nc2ccccc21. The fourth-order valence-electron chi connectivity index (χ4n) is 4.06. The van der Waals surface area contributed by atoms with E-state index in [1.807, 2.05) is 36.1 Å². The minimum atomic E-state index is -0.126. The Morgan fingerprint density at radius 3 is 2.55 bits per heavy atom. The van der Waals surface area contributed by atoms with Crippen LogP contribution in [0, 0.1) is 13.8 Å². The van der Waals surface area contributed by atoms with E-state index >= 15 is 0 Å². The molecular weight excluding hydrogens is 408 g/mol. The molecule has 1 amide bonds. The number of carbonyl (C=O) groups is 1. The Labute approximate surface area is 186 Å². The van der Waals surface area contributed by atoms with Crippen molar-refractivity contribution in [3.05, 3.63) is 63.9 Å². The summed E-state index contributed by atoms with van der Waals surface area (Å²) in [6.07, 6.45) is 0. The van der Waals surface area contributed by atoms with E-state index in [0.29, 0.717) is 24.7 Å². The Kier molecular flexibility index (Phi) is 6.32. The standard InChI is InChI=1S/C24H28N4O2S/c1-4-28-20-8-6-5-7-19(20)25-23(24(28)30)31-16-22(29)27-13-11-26(12-14-27)21-15-17(2)9-10-18(21)3/h5-10,15H,4,11-14,16H2,1-3H3. The molecule has 1 fully saturated rings. The molecule has 162 valence electrons. The Hall–Kier alpha value is -2.80. The zero-order valence-electron chi connectivity index (χ0n) is 18.3. The lowest BCUT2D eigenvalue weighted by molar-refractivity contribution is -0.128. The smallest absolute Gasteiger partial charge is 0.283 e. The molecule has 1 aliphatic heterocycles. The second-order valence-electron chi connectivity index (χ2n) is 7.90. The van der Waals surface area contributed by atoms with Gasteiger partial charge < -0.3 is 14.4 Å². The van der Waals surface area contributed by atoms with Crippen molar-refractivity contribution >= 4 is 34.4 Å². The first-order valence-corrected chi connectivity index (χ1v) is 11.7. The molecule has 0 N–H and O–H groups in total. The number of nitrogens with zero attached hydrogens (tertiary/aromatic N) is 4. The Balaban J connectivity index is 1.41. The fourth-order valence-corrected chi connectivity index (χ4v) is 4.89. The zero-order chi connectivity index (χ0) is 22.0. The second-order valence-corrected chi connectivity index (χ2v) is 8.87. The lowest BCUT2D eigenvalue weighted by Crippen LogP contribution is -2.49. The third-order valence-corrected chi connectivity index (χ3v) is 6.74. The van der Waals surface area contributed by atoms with Gasteiger partial charge in [-0.2, -0.15) is 0 Å². The number of piperazine rings is 1. The molecule has 0 unspecified atom stereocenters. The number of para-hydroxylation sites is 2. The number of anilines is 1. The molecule has 1 aliphatic rings. The quantitative estimate of drug-likeness (QED) is 0.573. The van der Waals surface area contributed by atoms with Crippen LogP contribution in [0.2, 0.25) is 0 Å². The van der Waals surface area contributed by atoms with Gasteiger partial charge in [-0.3, -0.25) is 9.59 Å². The van der Waals surface area contributed by atoms with Gasteiger partial charge in [-0.15, -0.1) is 0 Å². The summed E-state index contributed by atoms with van der Waals surface area (Å²) in [7, 11) is 0. The van der Waals surface area contributed by atoms with Crippen molar-refractivity contribution in [1.82, 2.24) is 14.5 Å². The van der Waals surface area contributed by atoms with Gasteiger partial charge in [0, 0.05) is 38.4 Å². The maximum Gasteiger partial charge on any atom is 0.283 e. The van der Waals surface area contributed by atoms with Crippen molar-refractivity contribution < 1.29 is 4.79 Å². The summed E-state index contributed by atoms with van der Waals surface area (Å²) in [5.41, 5.74) is 5.24. The van der Waals surface area contributed by atoms with E-state index in [0.717, 1.165) is 24.1 Å². The molecule has 0 radical (unpaired) electrons. The molecule has 6 nitrogen and oxygen atoms in total. The van der Waals surface area contributed by atoms with Crippen molar-refractivity contribution in [3.8, 4) is 0 Å². The summed E-state index contributed by atoms with van der Waals surface area (Å²) >= 11 is 1.25. The van der Waals surface area contributed by atoms with E-state index in [1.165, 1.54) is 28.6 Å². The average Bonchev–Trinajstić information content (AvgIpc) is 2.79. The predicted octanol–water partition coefficient (Wildman–Crippen LogP) is 3.47.